The van der Waals surface area contributed by atoms with Gasteiger partial charge in [-0.25, -0.2) is 0 Å². The van der Waals surface area contributed by atoms with E-state index in [2.05, 4.69) is 11.9 Å². The monoisotopic (exact) mass is 165 g/mol. The standard InChI is InChI=1S/C10H15NO/c1-5-8(2)6-7-9(3)11-10(4)12/h5-7H,3H2,1-2,4H3,(H,11,12)/b7-6-,8-5-. The Morgan fingerprint density at radius 1 is 1.33 bits per heavy atom. The third-order valence-corrected chi connectivity index (χ3v) is 1.34. The van der Waals surface area contributed by atoms with E-state index in [1.165, 1.54) is 6.92 Å². The molecule has 0 aromatic carbocycles. The van der Waals surface area contributed by atoms with E-state index in [0.717, 1.165) is 5.57 Å². The fourth-order valence-corrected chi connectivity index (χ4v) is 0.596. The van der Waals surface area contributed by atoms with Crippen molar-refractivity contribution in [1.29, 1.82) is 0 Å². The van der Waals surface area contributed by atoms with Crippen molar-refractivity contribution in [2.24, 2.45) is 0 Å². The molecule has 0 unspecified atom stereocenters. The van der Waals surface area contributed by atoms with Crippen LogP contribution >= 0.6 is 0 Å². The normalized spacial score (nSPS) is 11.8. The Morgan fingerprint density at radius 3 is 2.33 bits per heavy atom. The molecule has 0 fully saturated rings. The molecular formula is C10H15NO. The van der Waals surface area contributed by atoms with Crippen molar-refractivity contribution < 1.29 is 4.79 Å². The fraction of sp³-hybridized carbons (Fsp3) is 0.300. The van der Waals surface area contributed by atoms with Crippen LogP contribution in [0.1, 0.15) is 20.8 Å². The highest BCUT2D eigenvalue weighted by Gasteiger charge is 1.89. The Kier molecular flexibility index (Phi) is 4.77. The van der Waals surface area contributed by atoms with Crippen LogP contribution in [0, 0.1) is 0 Å². The van der Waals surface area contributed by atoms with Gasteiger partial charge in [-0.3, -0.25) is 4.79 Å². The molecule has 0 radical (unpaired) electrons. The summed E-state index contributed by atoms with van der Waals surface area (Å²) in [6.45, 7) is 9.06. The third kappa shape index (κ3) is 5.47. The predicted molar refractivity (Wildman–Crippen MR) is 51.5 cm³/mol. The van der Waals surface area contributed by atoms with Gasteiger partial charge in [-0.1, -0.05) is 24.3 Å². The lowest BCUT2D eigenvalue weighted by atomic mass is 10.2. The van der Waals surface area contributed by atoms with E-state index < -0.39 is 0 Å². The molecule has 0 saturated carbocycles. The van der Waals surface area contributed by atoms with Crippen molar-refractivity contribution in [3.8, 4) is 0 Å². The van der Waals surface area contributed by atoms with Crippen LogP contribution in [0.5, 0.6) is 0 Å². The van der Waals surface area contributed by atoms with Crippen LogP contribution in [0.3, 0.4) is 0 Å². The van der Waals surface area contributed by atoms with Gasteiger partial charge in [0.15, 0.2) is 0 Å². The van der Waals surface area contributed by atoms with Gasteiger partial charge in [-0.05, 0) is 19.9 Å². The SMILES string of the molecule is C=C(/C=C\C(C)=C/C)NC(C)=O. The van der Waals surface area contributed by atoms with E-state index >= 15 is 0 Å². The minimum atomic E-state index is -0.0946. The van der Waals surface area contributed by atoms with Crippen LogP contribution in [-0.2, 0) is 4.79 Å². The number of nitrogens with one attached hydrogen (secondary N) is 1. The molecule has 66 valence electrons. The van der Waals surface area contributed by atoms with Crippen molar-refractivity contribution >= 4 is 5.91 Å². The molecule has 0 heterocycles. The summed E-state index contributed by atoms with van der Waals surface area (Å²) in [5, 5.41) is 2.57. The first-order valence-corrected chi connectivity index (χ1v) is 3.83. The molecule has 0 bridgehead atoms. The number of carbonyl (C=O) groups is 1. The second-order valence-electron chi connectivity index (χ2n) is 2.57. The van der Waals surface area contributed by atoms with Gasteiger partial charge in [-0.15, -0.1) is 0 Å². The molecule has 12 heavy (non-hydrogen) atoms. The van der Waals surface area contributed by atoms with E-state index in [0.29, 0.717) is 5.70 Å². The largest absolute Gasteiger partial charge is 0.327 e. The van der Waals surface area contributed by atoms with Crippen LogP contribution in [0.15, 0.2) is 36.1 Å². The van der Waals surface area contributed by atoms with Gasteiger partial charge in [0.2, 0.25) is 5.91 Å². The molecule has 1 N–H and O–H groups in total. The summed E-state index contributed by atoms with van der Waals surface area (Å²) in [7, 11) is 0. The number of carbonyl (C=O) groups excluding carboxylic acids is 1. The maximum Gasteiger partial charge on any atom is 0.221 e. The maximum atomic E-state index is 10.5. The van der Waals surface area contributed by atoms with Gasteiger partial charge in [-0.2, -0.15) is 0 Å². The van der Waals surface area contributed by atoms with Crippen molar-refractivity contribution in [2.45, 2.75) is 20.8 Å². The minimum absolute atomic E-state index is 0.0946. The highest BCUT2D eigenvalue weighted by atomic mass is 16.1. The summed E-state index contributed by atoms with van der Waals surface area (Å²) in [4.78, 5) is 10.5. The Hall–Kier alpha value is -1.31. The molecule has 2 heteroatoms. The first kappa shape index (κ1) is 10.7. The Labute approximate surface area is 73.7 Å². The molecule has 1 amide bonds. The molecular weight excluding hydrogens is 150 g/mol. The zero-order valence-corrected chi connectivity index (χ0v) is 7.85. The molecule has 0 spiro atoms. The van der Waals surface area contributed by atoms with E-state index in [1.807, 2.05) is 26.0 Å². The first-order valence-electron chi connectivity index (χ1n) is 3.83. The average molecular weight is 165 g/mol. The van der Waals surface area contributed by atoms with Gasteiger partial charge in [0, 0.05) is 12.6 Å². The highest BCUT2D eigenvalue weighted by molar-refractivity contribution is 5.75. The van der Waals surface area contributed by atoms with Crippen molar-refractivity contribution in [3.05, 3.63) is 36.1 Å². The van der Waals surface area contributed by atoms with Crippen LogP contribution in [0.2, 0.25) is 0 Å². The van der Waals surface area contributed by atoms with Gasteiger partial charge < -0.3 is 5.32 Å². The second kappa shape index (κ2) is 5.35. The average Bonchev–Trinajstić information content (AvgIpc) is 1.99. The molecule has 0 aliphatic rings. The number of rotatable bonds is 3. The van der Waals surface area contributed by atoms with Gasteiger partial charge in [0.05, 0.1) is 0 Å². The summed E-state index contributed by atoms with van der Waals surface area (Å²) in [5.74, 6) is -0.0946. The van der Waals surface area contributed by atoms with E-state index in [9.17, 15) is 4.79 Å². The van der Waals surface area contributed by atoms with E-state index in [1.54, 1.807) is 6.08 Å². The molecule has 0 saturated heterocycles. The van der Waals surface area contributed by atoms with Crippen LogP contribution in [-0.4, -0.2) is 5.91 Å². The van der Waals surface area contributed by atoms with Gasteiger partial charge in [0.1, 0.15) is 0 Å². The third-order valence-electron chi connectivity index (χ3n) is 1.34. The summed E-state index contributed by atoms with van der Waals surface area (Å²) < 4.78 is 0. The lowest BCUT2D eigenvalue weighted by Gasteiger charge is -1.98. The summed E-state index contributed by atoms with van der Waals surface area (Å²) in [5.41, 5.74) is 1.75. The molecule has 0 aromatic heterocycles. The summed E-state index contributed by atoms with van der Waals surface area (Å²) in [6.07, 6.45) is 5.66. The van der Waals surface area contributed by atoms with E-state index in [-0.39, 0.29) is 5.91 Å². The molecule has 0 aliphatic heterocycles. The number of allylic oxidation sites excluding steroid dienone is 4. The first-order chi connectivity index (χ1) is 5.56. The lowest BCUT2D eigenvalue weighted by molar-refractivity contribution is -0.118. The van der Waals surface area contributed by atoms with E-state index in [4.69, 9.17) is 0 Å². The number of hydrogen-bond donors (Lipinski definition) is 1. The van der Waals surface area contributed by atoms with Crippen LogP contribution in [0.4, 0.5) is 0 Å². The second-order valence-corrected chi connectivity index (χ2v) is 2.57. The van der Waals surface area contributed by atoms with Gasteiger partial charge in [0.25, 0.3) is 0 Å². The summed E-state index contributed by atoms with van der Waals surface area (Å²) in [6, 6.07) is 0. The van der Waals surface area contributed by atoms with Crippen molar-refractivity contribution in [2.75, 3.05) is 0 Å². The Bertz CT molecular complexity index is 236. The Morgan fingerprint density at radius 2 is 1.92 bits per heavy atom. The molecule has 2 nitrogen and oxygen atoms in total. The molecule has 0 rings (SSSR count). The molecule has 0 atom stereocenters. The van der Waals surface area contributed by atoms with Crippen molar-refractivity contribution in [1.82, 2.24) is 5.32 Å². The molecule has 0 aromatic rings. The predicted octanol–water partition coefficient (Wildman–Crippen LogP) is 2.16. The van der Waals surface area contributed by atoms with Crippen molar-refractivity contribution in [3.63, 3.8) is 0 Å². The summed E-state index contributed by atoms with van der Waals surface area (Å²) >= 11 is 0. The van der Waals surface area contributed by atoms with Gasteiger partial charge >= 0.3 is 0 Å². The minimum Gasteiger partial charge on any atom is -0.327 e. The maximum absolute atomic E-state index is 10.5. The zero-order chi connectivity index (χ0) is 9.56. The topological polar surface area (TPSA) is 29.1 Å². The molecule has 0 aliphatic carbocycles. The van der Waals surface area contributed by atoms with Crippen LogP contribution in [0.25, 0.3) is 0 Å². The Balaban J connectivity index is 4.01. The fourth-order valence-electron chi connectivity index (χ4n) is 0.596. The quantitative estimate of drug-likeness (QED) is 0.638. The zero-order valence-electron chi connectivity index (χ0n) is 7.85. The highest BCUT2D eigenvalue weighted by Crippen LogP contribution is 1.96. The smallest absolute Gasteiger partial charge is 0.221 e. The lowest BCUT2D eigenvalue weighted by Crippen LogP contribution is -2.16. The number of hydrogen-bond acceptors (Lipinski definition) is 1. The van der Waals surface area contributed by atoms with Crippen LogP contribution < -0.4 is 5.32 Å². The number of amides is 1.